The Morgan fingerprint density at radius 2 is 2.07 bits per heavy atom. The molecule has 3 nitrogen and oxygen atoms in total. The average Bonchev–Trinajstić information content (AvgIpc) is 2.15. The van der Waals surface area contributed by atoms with Crippen molar-refractivity contribution in [3.63, 3.8) is 0 Å². The molecule has 0 aromatic carbocycles. The summed E-state index contributed by atoms with van der Waals surface area (Å²) in [4.78, 5) is 11.2. The predicted molar refractivity (Wildman–Crippen MR) is 56.4 cm³/mol. The minimum atomic E-state index is -0.695. The van der Waals surface area contributed by atoms with Gasteiger partial charge in [-0.1, -0.05) is 19.3 Å². The summed E-state index contributed by atoms with van der Waals surface area (Å²) in [5.41, 5.74) is -0.695. The summed E-state index contributed by atoms with van der Waals surface area (Å²) in [6, 6.07) is 0. The highest BCUT2D eigenvalue weighted by molar-refractivity contribution is 6.30. The first kappa shape index (κ1) is 11.8. The third kappa shape index (κ3) is 3.46. The van der Waals surface area contributed by atoms with E-state index in [-0.39, 0.29) is 5.91 Å². The van der Waals surface area contributed by atoms with Gasteiger partial charge in [-0.05, 0) is 19.8 Å². The number of carbonyl (C=O) groups excluding carboxylic acids is 1. The Bertz CT molecular complexity index is 200. The van der Waals surface area contributed by atoms with Gasteiger partial charge in [-0.15, -0.1) is 11.6 Å². The smallest absolute Gasteiger partial charge is 0.237 e. The minimum absolute atomic E-state index is 0.203. The van der Waals surface area contributed by atoms with Gasteiger partial charge in [0.05, 0.1) is 5.60 Å². The fourth-order valence-corrected chi connectivity index (χ4v) is 1.86. The number of alkyl halides is 1. The summed E-state index contributed by atoms with van der Waals surface area (Å²) in [6.07, 6.45) is 4.83. The quantitative estimate of drug-likeness (QED) is 0.706. The van der Waals surface area contributed by atoms with Gasteiger partial charge in [0, 0.05) is 6.54 Å². The molecule has 0 aromatic heterocycles. The van der Waals surface area contributed by atoms with Gasteiger partial charge in [-0.2, -0.15) is 0 Å². The molecule has 82 valence electrons. The summed E-state index contributed by atoms with van der Waals surface area (Å²) in [5.74, 6) is -0.203. The second-order valence-electron chi connectivity index (χ2n) is 4.12. The summed E-state index contributed by atoms with van der Waals surface area (Å²) in [6.45, 7) is 1.96. The van der Waals surface area contributed by atoms with Crippen molar-refractivity contribution in [1.82, 2.24) is 5.32 Å². The van der Waals surface area contributed by atoms with Crippen LogP contribution in [0.2, 0.25) is 0 Å². The Kier molecular flexibility index (Phi) is 4.20. The van der Waals surface area contributed by atoms with Crippen LogP contribution in [0.3, 0.4) is 0 Å². The Labute approximate surface area is 89.8 Å². The molecule has 1 unspecified atom stereocenters. The van der Waals surface area contributed by atoms with Crippen molar-refractivity contribution in [2.24, 2.45) is 0 Å². The monoisotopic (exact) mass is 219 g/mol. The van der Waals surface area contributed by atoms with E-state index in [9.17, 15) is 9.90 Å². The predicted octanol–water partition coefficient (Wildman–Crippen LogP) is 1.43. The van der Waals surface area contributed by atoms with Gasteiger partial charge in [-0.25, -0.2) is 0 Å². The minimum Gasteiger partial charge on any atom is -0.388 e. The summed E-state index contributed by atoms with van der Waals surface area (Å²) in [7, 11) is 0. The van der Waals surface area contributed by atoms with Gasteiger partial charge in [0.15, 0.2) is 0 Å². The molecule has 0 radical (unpaired) electrons. The lowest BCUT2D eigenvalue weighted by atomic mass is 9.85. The van der Waals surface area contributed by atoms with Gasteiger partial charge >= 0.3 is 0 Å². The summed E-state index contributed by atoms with van der Waals surface area (Å²) >= 11 is 5.60. The van der Waals surface area contributed by atoms with Crippen LogP contribution in [-0.2, 0) is 4.79 Å². The molecule has 1 aliphatic carbocycles. The molecule has 4 heteroatoms. The van der Waals surface area contributed by atoms with E-state index in [4.69, 9.17) is 11.6 Å². The van der Waals surface area contributed by atoms with E-state index in [2.05, 4.69) is 5.32 Å². The molecule has 0 aliphatic heterocycles. The molecule has 0 heterocycles. The Hall–Kier alpha value is -0.280. The number of halogens is 1. The molecule has 0 bridgehead atoms. The molecule has 1 rings (SSSR count). The molecule has 0 spiro atoms. The maximum atomic E-state index is 11.2. The molecular weight excluding hydrogens is 202 g/mol. The van der Waals surface area contributed by atoms with Crippen molar-refractivity contribution < 1.29 is 9.90 Å². The molecule has 14 heavy (non-hydrogen) atoms. The van der Waals surface area contributed by atoms with Gasteiger partial charge < -0.3 is 10.4 Å². The number of amides is 1. The number of hydrogen-bond acceptors (Lipinski definition) is 2. The van der Waals surface area contributed by atoms with Crippen LogP contribution in [0.15, 0.2) is 0 Å². The zero-order chi connectivity index (χ0) is 10.6. The lowest BCUT2D eigenvalue weighted by molar-refractivity contribution is -0.122. The zero-order valence-electron chi connectivity index (χ0n) is 8.55. The first-order valence-corrected chi connectivity index (χ1v) is 5.61. The van der Waals surface area contributed by atoms with Gasteiger partial charge in [0.1, 0.15) is 5.38 Å². The van der Waals surface area contributed by atoms with E-state index >= 15 is 0 Å². The lowest BCUT2D eigenvalue weighted by Gasteiger charge is -2.32. The van der Waals surface area contributed by atoms with Crippen molar-refractivity contribution in [1.29, 1.82) is 0 Å². The molecule has 1 fully saturated rings. The third-order valence-corrected chi connectivity index (χ3v) is 2.94. The molecule has 1 amide bonds. The summed E-state index contributed by atoms with van der Waals surface area (Å²) in [5, 5.41) is 12.2. The van der Waals surface area contributed by atoms with E-state index in [0.29, 0.717) is 6.54 Å². The highest BCUT2D eigenvalue weighted by Gasteiger charge is 2.29. The highest BCUT2D eigenvalue weighted by Crippen LogP contribution is 2.27. The number of nitrogens with one attached hydrogen (secondary N) is 1. The van der Waals surface area contributed by atoms with Crippen LogP contribution in [0, 0.1) is 0 Å². The molecule has 1 saturated carbocycles. The van der Waals surface area contributed by atoms with Crippen molar-refractivity contribution in [2.75, 3.05) is 6.54 Å². The largest absolute Gasteiger partial charge is 0.388 e. The van der Waals surface area contributed by atoms with Crippen LogP contribution >= 0.6 is 11.6 Å². The first-order valence-electron chi connectivity index (χ1n) is 5.18. The van der Waals surface area contributed by atoms with Crippen LogP contribution in [0.25, 0.3) is 0 Å². The van der Waals surface area contributed by atoms with Gasteiger partial charge in [-0.3, -0.25) is 4.79 Å². The highest BCUT2D eigenvalue weighted by atomic mass is 35.5. The zero-order valence-corrected chi connectivity index (χ0v) is 9.31. The topological polar surface area (TPSA) is 49.3 Å². The van der Waals surface area contributed by atoms with Gasteiger partial charge in [0.2, 0.25) is 5.91 Å². The average molecular weight is 220 g/mol. The van der Waals surface area contributed by atoms with Crippen LogP contribution in [0.4, 0.5) is 0 Å². The molecular formula is C10H18ClNO2. The van der Waals surface area contributed by atoms with Crippen LogP contribution in [-0.4, -0.2) is 28.5 Å². The van der Waals surface area contributed by atoms with Crippen LogP contribution in [0.1, 0.15) is 39.0 Å². The molecule has 1 aliphatic rings. The van der Waals surface area contributed by atoms with Gasteiger partial charge in [0.25, 0.3) is 0 Å². The van der Waals surface area contributed by atoms with Crippen LogP contribution < -0.4 is 5.32 Å². The first-order chi connectivity index (χ1) is 6.53. The fraction of sp³-hybridized carbons (Fsp3) is 0.900. The second kappa shape index (κ2) is 4.99. The standard InChI is InChI=1S/C10H18ClNO2/c1-8(11)9(13)12-7-10(14)5-3-2-4-6-10/h8,14H,2-7H2,1H3,(H,12,13). The normalized spacial score (nSPS) is 22.8. The number of hydrogen-bond donors (Lipinski definition) is 2. The Balaban J connectivity index is 2.32. The van der Waals surface area contributed by atoms with E-state index in [0.717, 1.165) is 25.7 Å². The van der Waals surface area contributed by atoms with Crippen molar-refractivity contribution in [2.45, 2.75) is 50.0 Å². The lowest BCUT2D eigenvalue weighted by Crippen LogP contribution is -2.45. The summed E-state index contributed by atoms with van der Waals surface area (Å²) < 4.78 is 0. The molecule has 0 saturated heterocycles. The molecule has 0 aromatic rings. The van der Waals surface area contributed by atoms with Crippen molar-refractivity contribution >= 4 is 17.5 Å². The molecule has 1 atom stereocenters. The Morgan fingerprint density at radius 1 is 1.50 bits per heavy atom. The number of carbonyl (C=O) groups is 1. The maximum Gasteiger partial charge on any atom is 0.237 e. The molecule has 2 N–H and O–H groups in total. The maximum absolute atomic E-state index is 11.2. The number of aliphatic hydroxyl groups is 1. The van der Waals surface area contributed by atoms with E-state index in [1.54, 1.807) is 6.92 Å². The van der Waals surface area contributed by atoms with Crippen molar-refractivity contribution in [3.8, 4) is 0 Å². The van der Waals surface area contributed by atoms with E-state index in [1.807, 2.05) is 0 Å². The SMILES string of the molecule is CC(Cl)C(=O)NCC1(O)CCCCC1. The fourth-order valence-electron chi connectivity index (χ4n) is 1.78. The number of rotatable bonds is 3. The van der Waals surface area contributed by atoms with E-state index in [1.165, 1.54) is 6.42 Å². The van der Waals surface area contributed by atoms with Crippen LogP contribution in [0.5, 0.6) is 0 Å². The third-order valence-electron chi connectivity index (χ3n) is 2.74. The van der Waals surface area contributed by atoms with Crippen molar-refractivity contribution in [3.05, 3.63) is 0 Å². The Morgan fingerprint density at radius 3 is 2.57 bits per heavy atom. The second-order valence-corrected chi connectivity index (χ2v) is 4.77. The van der Waals surface area contributed by atoms with E-state index < -0.39 is 11.0 Å².